The highest BCUT2D eigenvalue weighted by molar-refractivity contribution is 7.80. The smallest absolute Gasteiger partial charge is 0.306 e. The molecule has 0 fully saturated rings. The van der Waals surface area contributed by atoms with Crippen LogP contribution in [-0.4, -0.2) is 10.0 Å². The monoisotopic (exact) mass is 305 g/mol. The SMILES string of the molecule is Cc1ccc(NC(=S)Nc2ccc(F)c([N+](=O)[O-])c2)cc1. The molecule has 0 heterocycles. The van der Waals surface area contributed by atoms with E-state index in [1.165, 1.54) is 6.07 Å². The minimum absolute atomic E-state index is 0.264. The van der Waals surface area contributed by atoms with Crippen LogP contribution in [0.15, 0.2) is 42.5 Å². The van der Waals surface area contributed by atoms with Crippen LogP contribution in [0.2, 0.25) is 0 Å². The second-order valence-corrected chi connectivity index (χ2v) is 4.78. The van der Waals surface area contributed by atoms with Crippen molar-refractivity contribution >= 4 is 34.4 Å². The Morgan fingerprint density at radius 3 is 2.33 bits per heavy atom. The van der Waals surface area contributed by atoms with Gasteiger partial charge in [-0.05, 0) is 43.4 Å². The number of nitro groups is 1. The molecule has 2 aromatic carbocycles. The predicted octanol–water partition coefficient (Wildman–Crippen LogP) is 3.85. The number of anilines is 2. The summed E-state index contributed by atoms with van der Waals surface area (Å²) < 4.78 is 13.2. The number of hydrogen-bond acceptors (Lipinski definition) is 3. The van der Waals surface area contributed by atoms with Gasteiger partial charge in [-0.25, -0.2) is 0 Å². The van der Waals surface area contributed by atoms with Gasteiger partial charge in [0.1, 0.15) is 0 Å². The topological polar surface area (TPSA) is 67.2 Å². The van der Waals surface area contributed by atoms with E-state index in [1.54, 1.807) is 0 Å². The maximum Gasteiger partial charge on any atom is 0.306 e. The summed E-state index contributed by atoms with van der Waals surface area (Å²) in [4.78, 5) is 9.89. The van der Waals surface area contributed by atoms with Crippen molar-refractivity contribution in [2.24, 2.45) is 0 Å². The molecule has 2 aromatic rings. The number of hydrogen-bond donors (Lipinski definition) is 2. The number of thiocarbonyl (C=S) groups is 1. The molecular formula is C14H12FN3O2S. The Hall–Kier alpha value is -2.54. The molecule has 108 valence electrons. The largest absolute Gasteiger partial charge is 0.332 e. The fourth-order valence-electron chi connectivity index (χ4n) is 1.66. The molecule has 0 bridgehead atoms. The molecule has 0 saturated heterocycles. The minimum atomic E-state index is -0.886. The van der Waals surface area contributed by atoms with E-state index in [2.05, 4.69) is 10.6 Å². The number of nitrogens with zero attached hydrogens (tertiary/aromatic N) is 1. The summed E-state index contributed by atoms with van der Waals surface area (Å²) >= 11 is 5.11. The van der Waals surface area contributed by atoms with Crippen LogP contribution < -0.4 is 10.6 Å². The van der Waals surface area contributed by atoms with Crippen LogP contribution in [0.1, 0.15) is 5.56 Å². The summed E-state index contributed by atoms with van der Waals surface area (Å²) in [6.45, 7) is 1.97. The van der Waals surface area contributed by atoms with Crippen molar-refractivity contribution < 1.29 is 9.31 Å². The molecule has 0 spiro atoms. The standard InChI is InChI=1S/C14H12FN3O2S/c1-9-2-4-10(5-3-9)16-14(21)17-11-6-7-12(15)13(8-11)18(19)20/h2-8H,1H3,(H2,16,17,21). The minimum Gasteiger partial charge on any atom is -0.332 e. The highest BCUT2D eigenvalue weighted by atomic mass is 32.1. The fourth-order valence-corrected chi connectivity index (χ4v) is 1.90. The molecule has 0 aliphatic carbocycles. The van der Waals surface area contributed by atoms with E-state index in [0.717, 1.165) is 23.4 Å². The number of halogens is 1. The zero-order valence-corrected chi connectivity index (χ0v) is 11.9. The van der Waals surface area contributed by atoms with Gasteiger partial charge in [0, 0.05) is 17.4 Å². The summed E-state index contributed by atoms with van der Waals surface area (Å²) in [5.41, 5.74) is 1.65. The second kappa shape index (κ2) is 6.27. The zero-order valence-electron chi connectivity index (χ0n) is 11.1. The van der Waals surface area contributed by atoms with Gasteiger partial charge in [0.05, 0.1) is 4.92 Å². The molecule has 5 nitrogen and oxygen atoms in total. The van der Waals surface area contributed by atoms with Gasteiger partial charge in [-0.1, -0.05) is 17.7 Å². The Kier molecular flexibility index (Phi) is 4.44. The van der Waals surface area contributed by atoms with Crippen LogP contribution in [0.4, 0.5) is 21.5 Å². The molecular weight excluding hydrogens is 293 g/mol. The summed E-state index contributed by atoms with van der Waals surface area (Å²) in [7, 11) is 0. The molecule has 0 aliphatic heterocycles. The third-order valence-corrected chi connectivity index (χ3v) is 2.91. The summed E-state index contributed by atoms with van der Waals surface area (Å²) in [6, 6.07) is 11.1. The van der Waals surface area contributed by atoms with Crippen molar-refractivity contribution in [2.45, 2.75) is 6.92 Å². The Morgan fingerprint density at radius 1 is 1.14 bits per heavy atom. The van der Waals surface area contributed by atoms with Crippen LogP contribution in [0, 0.1) is 22.9 Å². The van der Waals surface area contributed by atoms with Crippen molar-refractivity contribution in [3.63, 3.8) is 0 Å². The van der Waals surface area contributed by atoms with Crippen LogP contribution in [-0.2, 0) is 0 Å². The van der Waals surface area contributed by atoms with Gasteiger partial charge < -0.3 is 10.6 Å². The first-order valence-electron chi connectivity index (χ1n) is 6.04. The third kappa shape index (κ3) is 3.96. The third-order valence-electron chi connectivity index (χ3n) is 2.71. The van der Waals surface area contributed by atoms with E-state index in [1.807, 2.05) is 31.2 Å². The van der Waals surface area contributed by atoms with Crippen molar-refractivity contribution in [3.05, 3.63) is 64.0 Å². The number of benzene rings is 2. The highest BCUT2D eigenvalue weighted by Crippen LogP contribution is 2.21. The van der Waals surface area contributed by atoms with E-state index in [-0.39, 0.29) is 5.11 Å². The summed E-state index contributed by atoms with van der Waals surface area (Å²) in [6.07, 6.45) is 0. The summed E-state index contributed by atoms with van der Waals surface area (Å²) in [5, 5.41) is 16.7. The van der Waals surface area contributed by atoms with E-state index in [4.69, 9.17) is 12.2 Å². The lowest BCUT2D eigenvalue weighted by Crippen LogP contribution is -2.19. The van der Waals surface area contributed by atoms with Gasteiger partial charge in [-0.15, -0.1) is 0 Å². The second-order valence-electron chi connectivity index (χ2n) is 4.37. The Labute approximate surface area is 125 Å². The van der Waals surface area contributed by atoms with Gasteiger partial charge in [0.15, 0.2) is 5.11 Å². The lowest BCUT2D eigenvalue weighted by atomic mass is 10.2. The van der Waals surface area contributed by atoms with E-state index < -0.39 is 16.4 Å². The lowest BCUT2D eigenvalue weighted by molar-refractivity contribution is -0.387. The van der Waals surface area contributed by atoms with Crippen LogP contribution in [0.3, 0.4) is 0 Å². The van der Waals surface area contributed by atoms with Gasteiger partial charge in [0.25, 0.3) is 0 Å². The predicted molar refractivity (Wildman–Crippen MR) is 84.1 cm³/mol. The Bertz CT molecular complexity index is 689. The van der Waals surface area contributed by atoms with Crippen LogP contribution >= 0.6 is 12.2 Å². The molecule has 0 saturated carbocycles. The molecule has 21 heavy (non-hydrogen) atoms. The fraction of sp³-hybridized carbons (Fsp3) is 0.0714. The molecule has 0 unspecified atom stereocenters. The van der Waals surface area contributed by atoms with Crippen molar-refractivity contribution in [2.75, 3.05) is 10.6 Å². The van der Waals surface area contributed by atoms with Gasteiger partial charge in [-0.2, -0.15) is 4.39 Å². The maximum absolute atomic E-state index is 13.2. The van der Waals surface area contributed by atoms with Gasteiger partial charge >= 0.3 is 5.69 Å². The average molecular weight is 305 g/mol. The first-order chi connectivity index (χ1) is 9.95. The molecule has 0 radical (unpaired) electrons. The van der Waals surface area contributed by atoms with Crippen LogP contribution in [0.5, 0.6) is 0 Å². The lowest BCUT2D eigenvalue weighted by Gasteiger charge is -2.10. The van der Waals surface area contributed by atoms with Crippen molar-refractivity contribution in [1.29, 1.82) is 0 Å². The van der Waals surface area contributed by atoms with Crippen LogP contribution in [0.25, 0.3) is 0 Å². The van der Waals surface area contributed by atoms with Crippen molar-refractivity contribution in [3.8, 4) is 0 Å². The van der Waals surface area contributed by atoms with E-state index >= 15 is 0 Å². The molecule has 2 rings (SSSR count). The normalized spacial score (nSPS) is 10.0. The maximum atomic E-state index is 13.2. The van der Waals surface area contributed by atoms with Gasteiger partial charge in [-0.3, -0.25) is 10.1 Å². The van der Waals surface area contributed by atoms with E-state index in [0.29, 0.717) is 5.69 Å². The Balaban J connectivity index is 2.07. The summed E-state index contributed by atoms with van der Waals surface area (Å²) in [5.74, 6) is -0.886. The van der Waals surface area contributed by atoms with Gasteiger partial charge in [0.2, 0.25) is 5.82 Å². The number of nitro benzene ring substituents is 1. The number of aryl methyl sites for hydroxylation is 1. The number of rotatable bonds is 3. The van der Waals surface area contributed by atoms with Crippen molar-refractivity contribution in [1.82, 2.24) is 0 Å². The average Bonchev–Trinajstić information content (AvgIpc) is 2.43. The first-order valence-corrected chi connectivity index (χ1v) is 6.45. The first kappa shape index (κ1) is 14.9. The molecule has 0 atom stereocenters. The quantitative estimate of drug-likeness (QED) is 0.512. The molecule has 2 N–H and O–H groups in total. The molecule has 0 aliphatic rings. The Morgan fingerprint density at radius 2 is 1.71 bits per heavy atom. The zero-order chi connectivity index (χ0) is 15.4. The number of nitrogens with one attached hydrogen (secondary N) is 2. The highest BCUT2D eigenvalue weighted by Gasteiger charge is 2.14. The molecule has 7 heteroatoms. The van der Waals surface area contributed by atoms with E-state index in [9.17, 15) is 14.5 Å². The molecule has 0 aromatic heterocycles. The molecule has 0 amide bonds.